The molecule has 0 aromatic heterocycles. The van der Waals surface area contributed by atoms with E-state index in [4.69, 9.17) is 9.47 Å². The number of fused-ring (bicyclic) bond motifs is 2. The van der Waals surface area contributed by atoms with Crippen molar-refractivity contribution in [2.24, 2.45) is 0 Å². The Hall–Kier alpha value is -2.04. The Morgan fingerprint density at radius 1 is 1.24 bits per heavy atom. The van der Waals surface area contributed by atoms with Gasteiger partial charge in [0, 0.05) is 12.6 Å². The molecule has 0 spiro atoms. The lowest BCUT2D eigenvalue weighted by Crippen LogP contribution is -2.30. The summed E-state index contributed by atoms with van der Waals surface area (Å²) in [6.45, 7) is 2.66. The molecular weight excluding hydrogens is 222 g/mol. The maximum atomic E-state index is 11.8. The number of anilines is 1. The molecule has 17 heavy (non-hydrogen) atoms. The van der Waals surface area contributed by atoms with Gasteiger partial charge in [-0.3, -0.25) is 9.59 Å². The SMILES string of the molecule is CCCN1C(=O)C(=O)c2cc3c(cc21)OCO3. The Morgan fingerprint density at radius 2 is 1.94 bits per heavy atom. The van der Waals surface area contributed by atoms with Gasteiger partial charge in [-0.2, -0.15) is 0 Å². The highest BCUT2D eigenvalue weighted by molar-refractivity contribution is 6.52. The highest BCUT2D eigenvalue weighted by Gasteiger charge is 2.37. The van der Waals surface area contributed by atoms with Gasteiger partial charge in [0.2, 0.25) is 6.79 Å². The Bertz CT molecular complexity index is 523. The molecule has 0 saturated heterocycles. The number of ether oxygens (including phenoxy) is 2. The third-order valence-corrected chi connectivity index (χ3v) is 2.91. The predicted molar refractivity (Wildman–Crippen MR) is 59.5 cm³/mol. The number of benzene rings is 1. The molecule has 88 valence electrons. The molecule has 2 aliphatic rings. The molecule has 0 saturated carbocycles. The van der Waals surface area contributed by atoms with Crippen molar-refractivity contribution >= 4 is 17.4 Å². The van der Waals surface area contributed by atoms with E-state index < -0.39 is 11.7 Å². The minimum absolute atomic E-state index is 0.161. The molecule has 0 atom stereocenters. The summed E-state index contributed by atoms with van der Waals surface area (Å²) < 4.78 is 10.4. The van der Waals surface area contributed by atoms with Crippen LogP contribution < -0.4 is 14.4 Å². The Balaban J connectivity index is 2.13. The van der Waals surface area contributed by atoms with Crippen molar-refractivity contribution < 1.29 is 19.1 Å². The molecule has 0 aliphatic carbocycles. The molecule has 1 aromatic carbocycles. The van der Waals surface area contributed by atoms with Crippen LogP contribution in [0.5, 0.6) is 11.5 Å². The molecule has 0 fully saturated rings. The van der Waals surface area contributed by atoms with E-state index in [1.165, 1.54) is 4.90 Å². The van der Waals surface area contributed by atoms with E-state index in [2.05, 4.69) is 0 Å². The molecule has 0 bridgehead atoms. The predicted octanol–water partition coefficient (Wildman–Crippen LogP) is 1.35. The molecule has 0 unspecified atom stereocenters. The molecule has 1 amide bonds. The third-order valence-electron chi connectivity index (χ3n) is 2.91. The summed E-state index contributed by atoms with van der Waals surface area (Å²) in [7, 11) is 0. The van der Waals surface area contributed by atoms with Gasteiger partial charge < -0.3 is 14.4 Å². The van der Waals surface area contributed by atoms with E-state index in [-0.39, 0.29) is 6.79 Å². The van der Waals surface area contributed by atoms with Crippen LogP contribution in [0.15, 0.2) is 12.1 Å². The van der Waals surface area contributed by atoms with Crippen LogP contribution in [-0.4, -0.2) is 25.0 Å². The number of rotatable bonds is 2. The minimum Gasteiger partial charge on any atom is -0.454 e. The summed E-state index contributed by atoms with van der Waals surface area (Å²) in [5.41, 5.74) is 1.04. The van der Waals surface area contributed by atoms with Crippen molar-refractivity contribution in [3.63, 3.8) is 0 Å². The first-order valence-electron chi connectivity index (χ1n) is 5.52. The van der Waals surface area contributed by atoms with Crippen LogP contribution in [-0.2, 0) is 4.79 Å². The first-order chi connectivity index (χ1) is 8.22. The van der Waals surface area contributed by atoms with Crippen molar-refractivity contribution in [2.75, 3.05) is 18.2 Å². The molecule has 2 aliphatic heterocycles. The van der Waals surface area contributed by atoms with Crippen LogP contribution in [0, 0.1) is 0 Å². The van der Waals surface area contributed by atoms with E-state index in [9.17, 15) is 9.59 Å². The minimum atomic E-state index is -0.467. The lowest BCUT2D eigenvalue weighted by Gasteiger charge is -2.15. The van der Waals surface area contributed by atoms with Crippen LogP contribution in [0.4, 0.5) is 5.69 Å². The molecule has 0 N–H and O–H groups in total. The van der Waals surface area contributed by atoms with Gasteiger partial charge in [0.1, 0.15) is 0 Å². The largest absolute Gasteiger partial charge is 0.454 e. The number of amides is 1. The first kappa shape index (κ1) is 10.1. The lowest BCUT2D eigenvalue weighted by molar-refractivity contribution is -0.114. The van der Waals surface area contributed by atoms with Crippen molar-refractivity contribution in [1.29, 1.82) is 0 Å². The zero-order valence-electron chi connectivity index (χ0n) is 9.36. The average Bonchev–Trinajstić information content (AvgIpc) is 2.87. The maximum Gasteiger partial charge on any atom is 0.299 e. The highest BCUT2D eigenvalue weighted by atomic mass is 16.7. The van der Waals surface area contributed by atoms with Gasteiger partial charge in [0.05, 0.1) is 11.3 Å². The van der Waals surface area contributed by atoms with E-state index >= 15 is 0 Å². The van der Waals surface area contributed by atoms with Crippen LogP contribution in [0.1, 0.15) is 23.7 Å². The number of ketones is 1. The summed E-state index contributed by atoms with van der Waals surface area (Å²) in [5.74, 6) is 0.188. The smallest absolute Gasteiger partial charge is 0.299 e. The second-order valence-corrected chi connectivity index (χ2v) is 4.01. The van der Waals surface area contributed by atoms with E-state index in [1.54, 1.807) is 12.1 Å². The fraction of sp³-hybridized carbons (Fsp3) is 0.333. The monoisotopic (exact) mass is 233 g/mol. The molecule has 2 heterocycles. The second-order valence-electron chi connectivity index (χ2n) is 4.01. The van der Waals surface area contributed by atoms with Gasteiger partial charge in [-0.1, -0.05) is 6.92 Å². The van der Waals surface area contributed by atoms with Gasteiger partial charge in [-0.05, 0) is 12.5 Å². The van der Waals surface area contributed by atoms with E-state index in [0.717, 1.165) is 6.42 Å². The topological polar surface area (TPSA) is 55.8 Å². The molecule has 0 radical (unpaired) electrons. The highest BCUT2D eigenvalue weighted by Crippen LogP contribution is 2.41. The molecule has 3 rings (SSSR count). The maximum absolute atomic E-state index is 11.8. The van der Waals surface area contributed by atoms with Gasteiger partial charge in [-0.15, -0.1) is 0 Å². The van der Waals surface area contributed by atoms with Crippen LogP contribution in [0.25, 0.3) is 0 Å². The molecular formula is C12H11NO4. The number of hydrogen-bond acceptors (Lipinski definition) is 4. The lowest BCUT2D eigenvalue weighted by atomic mass is 10.1. The Labute approximate surface area is 97.9 Å². The summed E-state index contributed by atoms with van der Waals surface area (Å²) in [6.07, 6.45) is 0.799. The molecule has 5 nitrogen and oxygen atoms in total. The van der Waals surface area contributed by atoms with Crippen molar-refractivity contribution in [2.45, 2.75) is 13.3 Å². The van der Waals surface area contributed by atoms with E-state index in [0.29, 0.717) is 29.3 Å². The number of carbonyl (C=O) groups excluding carboxylic acids is 2. The Kier molecular flexibility index (Phi) is 2.07. The summed E-state index contributed by atoms with van der Waals surface area (Å²) in [4.78, 5) is 25.1. The first-order valence-corrected chi connectivity index (χ1v) is 5.52. The Morgan fingerprint density at radius 3 is 2.65 bits per heavy atom. The zero-order valence-corrected chi connectivity index (χ0v) is 9.36. The van der Waals surface area contributed by atoms with Gasteiger partial charge in [-0.25, -0.2) is 0 Å². The summed E-state index contributed by atoms with van der Waals surface area (Å²) in [6, 6.07) is 3.30. The third kappa shape index (κ3) is 1.32. The van der Waals surface area contributed by atoms with Gasteiger partial charge in [0.15, 0.2) is 11.5 Å². The zero-order chi connectivity index (χ0) is 12.0. The molecule has 1 aromatic rings. The average molecular weight is 233 g/mol. The van der Waals surface area contributed by atoms with Crippen LogP contribution in [0.2, 0.25) is 0 Å². The van der Waals surface area contributed by atoms with Crippen LogP contribution in [0.3, 0.4) is 0 Å². The second kappa shape index (κ2) is 3.48. The summed E-state index contributed by atoms with van der Waals surface area (Å²) >= 11 is 0. The standard InChI is InChI=1S/C12H11NO4/c1-2-3-13-8-5-10-9(16-6-17-10)4-7(8)11(14)12(13)15/h4-5H,2-3,6H2,1H3. The van der Waals surface area contributed by atoms with E-state index in [1.807, 2.05) is 6.92 Å². The fourth-order valence-electron chi connectivity index (χ4n) is 2.13. The normalized spacial score (nSPS) is 16.6. The summed E-state index contributed by atoms with van der Waals surface area (Å²) in [5, 5.41) is 0. The van der Waals surface area contributed by atoms with Gasteiger partial charge in [0.25, 0.3) is 11.7 Å². The number of carbonyl (C=O) groups is 2. The quantitative estimate of drug-likeness (QED) is 0.723. The van der Waals surface area contributed by atoms with Crippen molar-refractivity contribution in [1.82, 2.24) is 0 Å². The van der Waals surface area contributed by atoms with Crippen molar-refractivity contribution in [3.05, 3.63) is 17.7 Å². The fourth-order valence-corrected chi connectivity index (χ4v) is 2.13. The van der Waals surface area contributed by atoms with Gasteiger partial charge >= 0.3 is 0 Å². The number of hydrogen-bond donors (Lipinski definition) is 0. The number of nitrogens with zero attached hydrogens (tertiary/aromatic N) is 1. The number of Topliss-reactive ketones (excluding diaryl/α,β-unsaturated/α-hetero) is 1. The van der Waals surface area contributed by atoms with Crippen LogP contribution >= 0.6 is 0 Å². The molecule has 5 heteroatoms. The van der Waals surface area contributed by atoms with Crippen molar-refractivity contribution in [3.8, 4) is 11.5 Å².